The Bertz CT molecular complexity index is 1310. The number of halogens is 3. The minimum absolute atomic E-state index is 0.0668. The van der Waals surface area contributed by atoms with Gasteiger partial charge in [0.1, 0.15) is 30.3 Å². The zero-order chi connectivity index (χ0) is 27.3. The number of rotatable bonds is 11. The van der Waals surface area contributed by atoms with Crippen LogP contribution in [0.25, 0.3) is 11.1 Å². The summed E-state index contributed by atoms with van der Waals surface area (Å²) in [7, 11) is 0. The summed E-state index contributed by atoms with van der Waals surface area (Å²) in [5.74, 6) is -0.997. The van der Waals surface area contributed by atoms with Gasteiger partial charge in [0.05, 0.1) is 11.1 Å². The van der Waals surface area contributed by atoms with Crippen LogP contribution in [0.15, 0.2) is 66.7 Å². The van der Waals surface area contributed by atoms with Crippen molar-refractivity contribution in [2.75, 3.05) is 13.2 Å². The number of carboxylic acid groups (broad SMARTS) is 1. The first-order valence-electron chi connectivity index (χ1n) is 11.8. The van der Waals surface area contributed by atoms with Crippen LogP contribution >= 0.6 is 0 Å². The fourth-order valence-electron chi connectivity index (χ4n) is 4.06. The summed E-state index contributed by atoms with van der Waals surface area (Å²) in [6.07, 6.45) is -3.29. The zero-order valence-electron chi connectivity index (χ0n) is 20.2. The number of aromatic carboxylic acids is 1. The maximum absolute atomic E-state index is 12.3. The van der Waals surface area contributed by atoms with Gasteiger partial charge in [0.2, 0.25) is 0 Å². The highest BCUT2D eigenvalue weighted by Gasteiger charge is 2.42. The fourth-order valence-corrected chi connectivity index (χ4v) is 4.06. The number of β-amino-alcohol motifs (C(OH)–C–C–N with tert-alkyl or cyclic N) is 1. The zero-order valence-corrected chi connectivity index (χ0v) is 20.2. The van der Waals surface area contributed by atoms with Gasteiger partial charge >= 0.3 is 12.3 Å². The highest BCUT2D eigenvalue weighted by Crippen LogP contribution is 2.39. The van der Waals surface area contributed by atoms with Gasteiger partial charge < -0.3 is 25.0 Å². The largest absolute Gasteiger partial charge is 0.573 e. The standard InChI is InChI=1S/C28H25F3N2O5/c29-28(30,31)38-24-9-1-18(2-10-24)14-27(11-12-27)33-16-23(34)17-37-25-13-21(7-8-22(25)15-32)19-3-5-20(6-4-19)26(35)36/h1-10,13,23,33-34H,11-12,14,16-17H2,(H,35,36)/t23-/m1/s1. The number of hydrogen-bond donors (Lipinski definition) is 3. The van der Waals surface area contributed by atoms with Gasteiger partial charge in [-0.3, -0.25) is 0 Å². The summed E-state index contributed by atoms with van der Waals surface area (Å²) in [4.78, 5) is 11.1. The van der Waals surface area contributed by atoms with Crippen LogP contribution in [-0.4, -0.2) is 47.3 Å². The monoisotopic (exact) mass is 526 g/mol. The van der Waals surface area contributed by atoms with Crippen LogP contribution in [0.5, 0.6) is 11.5 Å². The number of carboxylic acids is 1. The van der Waals surface area contributed by atoms with E-state index in [1.54, 1.807) is 42.5 Å². The maximum atomic E-state index is 12.3. The van der Waals surface area contributed by atoms with Crippen molar-refractivity contribution in [3.8, 4) is 28.7 Å². The Morgan fingerprint density at radius 2 is 1.71 bits per heavy atom. The Labute approximate surface area is 217 Å². The molecule has 0 radical (unpaired) electrons. The molecule has 10 heteroatoms. The Morgan fingerprint density at radius 3 is 2.29 bits per heavy atom. The lowest BCUT2D eigenvalue weighted by molar-refractivity contribution is -0.274. The van der Waals surface area contributed by atoms with E-state index in [-0.39, 0.29) is 30.0 Å². The van der Waals surface area contributed by atoms with E-state index in [1.807, 2.05) is 0 Å². The minimum Gasteiger partial charge on any atom is -0.489 e. The van der Waals surface area contributed by atoms with E-state index in [0.717, 1.165) is 29.5 Å². The lowest BCUT2D eigenvalue weighted by atomic mass is 10.0. The molecule has 4 rings (SSSR count). The second-order valence-electron chi connectivity index (χ2n) is 9.20. The van der Waals surface area contributed by atoms with Crippen LogP contribution in [0.4, 0.5) is 13.2 Å². The van der Waals surface area contributed by atoms with Crippen molar-refractivity contribution in [1.29, 1.82) is 5.26 Å². The molecule has 198 valence electrons. The molecule has 3 N–H and O–H groups in total. The van der Waals surface area contributed by atoms with Crippen molar-refractivity contribution < 1.29 is 37.7 Å². The van der Waals surface area contributed by atoms with Crippen molar-refractivity contribution in [3.63, 3.8) is 0 Å². The number of nitrogens with zero attached hydrogens (tertiary/aromatic N) is 1. The molecular weight excluding hydrogens is 501 g/mol. The highest BCUT2D eigenvalue weighted by molar-refractivity contribution is 5.88. The van der Waals surface area contributed by atoms with E-state index in [4.69, 9.17) is 9.84 Å². The van der Waals surface area contributed by atoms with E-state index in [9.17, 15) is 28.3 Å². The molecule has 1 atom stereocenters. The van der Waals surface area contributed by atoms with Crippen molar-refractivity contribution in [3.05, 3.63) is 83.4 Å². The molecule has 0 saturated heterocycles. The molecule has 0 amide bonds. The molecule has 3 aromatic rings. The smallest absolute Gasteiger partial charge is 0.489 e. The summed E-state index contributed by atoms with van der Waals surface area (Å²) in [6, 6.07) is 19.1. The molecule has 0 bridgehead atoms. The summed E-state index contributed by atoms with van der Waals surface area (Å²) >= 11 is 0. The molecule has 1 saturated carbocycles. The molecule has 0 aromatic heterocycles. The molecule has 0 spiro atoms. The predicted octanol–water partition coefficient (Wildman–Crippen LogP) is 4.93. The number of benzene rings is 3. The summed E-state index contributed by atoms with van der Waals surface area (Å²) in [5.41, 5.74) is 2.55. The second-order valence-corrected chi connectivity index (χ2v) is 9.20. The maximum Gasteiger partial charge on any atom is 0.573 e. The van der Waals surface area contributed by atoms with Crippen LogP contribution in [0, 0.1) is 11.3 Å². The number of carbonyl (C=O) groups is 1. The number of ether oxygens (including phenoxy) is 2. The van der Waals surface area contributed by atoms with Crippen LogP contribution in [0.2, 0.25) is 0 Å². The average molecular weight is 527 g/mol. The van der Waals surface area contributed by atoms with Crippen molar-refractivity contribution in [2.45, 2.75) is 37.3 Å². The average Bonchev–Trinajstić information content (AvgIpc) is 3.66. The van der Waals surface area contributed by atoms with E-state index in [0.29, 0.717) is 17.7 Å². The number of alkyl halides is 3. The number of aliphatic hydroxyl groups excluding tert-OH is 1. The molecule has 1 aliphatic carbocycles. The van der Waals surface area contributed by atoms with E-state index in [1.165, 1.54) is 24.3 Å². The Hall–Kier alpha value is -4.07. The lowest BCUT2D eigenvalue weighted by Crippen LogP contribution is -2.40. The number of nitrogens with one attached hydrogen (secondary N) is 1. The molecule has 0 aliphatic heterocycles. The first kappa shape index (κ1) is 27.0. The van der Waals surface area contributed by atoms with Crippen molar-refractivity contribution in [2.24, 2.45) is 0 Å². The first-order chi connectivity index (χ1) is 18.1. The van der Waals surface area contributed by atoms with E-state index < -0.39 is 18.4 Å². The molecule has 3 aromatic carbocycles. The topological polar surface area (TPSA) is 112 Å². The van der Waals surface area contributed by atoms with E-state index >= 15 is 0 Å². The highest BCUT2D eigenvalue weighted by atomic mass is 19.4. The van der Waals surface area contributed by atoms with Crippen molar-refractivity contribution in [1.82, 2.24) is 5.32 Å². The van der Waals surface area contributed by atoms with Crippen molar-refractivity contribution >= 4 is 5.97 Å². The summed E-state index contributed by atoms with van der Waals surface area (Å²) < 4.78 is 46.7. The third-order valence-corrected chi connectivity index (χ3v) is 6.26. The van der Waals surface area contributed by atoms with Gasteiger partial charge in [0.25, 0.3) is 0 Å². The van der Waals surface area contributed by atoms with Gasteiger partial charge in [0.15, 0.2) is 0 Å². The third-order valence-electron chi connectivity index (χ3n) is 6.26. The van der Waals surface area contributed by atoms with Gasteiger partial charge in [-0.25, -0.2) is 4.79 Å². The molecule has 1 aliphatic rings. The first-order valence-corrected chi connectivity index (χ1v) is 11.8. The Morgan fingerprint density at radius 1 is 1.05 bits per heavy atom. The SMILES string of the molecule is N#Cc1ccc(-c2ccc(C(=O)O)cc2)cc1OC[C@H](O)CNC1(Cc2ccc(OC(F)(F)F)cc2)CC1. The number of nitriles is 1. The second kappa shape index (κ2) is 11.1. The Kier molecular flexibility index (Phi) is 7.90. The normalized spacial score (nSPS) is 14.8. The number of aliphatic hydroxyl groups is 1. The van der Waals surface area contributed by atoms with Crippen LogP contribution in [0.1, 0.15) is 34.3 Å². The Balaban J connectivity index is 1.31. The van der Waals surface area contributed by atoms with Gasteiger partial charge in [0, 0.05) is 12.1 Å². The van der Waals surface area contributed by atoms with Crippen LogP contribution < -0.4 is 14.8 Å². The van der Waals surface area contributed by atoms with Gasteiger partial charge in [-0.1, -0.05) is 30.3 Å². The molecule has 0 heterocycles. The van der Waals surface area contributed by atoms with Gasteiger partial charge in [-0.15, -0.1) is 13.2 Å². The van der Waals surface area contributed by atoms with Gasteiger partial charge in [-0.2, -0.15) is 5.26 Å². The molecule has 7 nitrogen and oxygen atoms in total. The number of hydrogen-bond acceptors (Lipinski definition) is 6. The summed E-state index contributed by atoms with van der Waals surface area (Å²) in [5, 5.41) is 32.3. The molecular formula is C28H25F3N2O5. The van der Waals surface area contributed by atoms with Gasteiger partial charge in [-0.05, 0) is 72.4 Å². The molecule has 38 heavy (non-hydrogen) atoms. The predicted molar refractivity (Wildman–Crippen MR) is 132 cm³/mol. The van der Waals surface area contributed by atoms with E-state index in [2.05, 4.69) is 16.1 Å². The third kappa shape index (κ3) is 7.25. The quantitative estimate of drug-likeness (QED) is 0.325. The fraction of sp³-hybridized carbons (Fsp3) is 0.286. The minimum atomic E-state index is -4.73. The molecule has 1 fully saturated rings. The van der Waals surface area contributed by atoms with Crippen LogP contribution in [0.3, 0.4) is 0 Å². The van der Waals surface area contributed by atoms with Crippen LogP contribution in [-0.2, 0) is 6.42 Å². The molecule has 0 unspecified atom stereocenters. The lowest BCUT2D eigenvalue weighted by Gasteiger charge is -2.21. The summed E-state index contributed by atoms with van der Waals surface area (Å²) in [6.45, 7) is 0.163.